The summed E-state index contributed by atoms with van der Waals surface area (Å²) in [5, 5.41) is 13.5. The summed E-state index contributed by atoms with van der Waals surface area (Å²) in [6.45, 7) is 5.54. The molecule has 0 heterocycles. The van der Waals surface area contributed by atoms with E-state index in [9.17, 15) is 19.7 Å². The van der Waals surface area contributed by atoms with Crippen molar-refractivity contribution in [2.75, 3.05) is 6.54 Å². The van der Waals surface area contributed by atoms with E-state index in [4.69, 9.17) is 4.74 Å². The third kappa shape index (κ3) is 6.61. The standard InChI is InChI=1S/C16H18N2O5/c1-16(2,3)23-15(20)17-9-5-4-6-13-8-7-12(11-19)10-14(13)18(21)22/h7-8,10-11H,5,9H2,1-3H3,(H,17,20). The summed E-state index contributed by atoms with van der Waals surface area (Å²) in [5.74, 6) is 5.41. The molecular formula is C16H18N2O5. The summed E-state index contributed by atoms with van der Waals surface area (Å²) >= 11 is 0. The number of aldehydes is 1. The van der Waals surface area contributed by atoms with Crippen LogP contribution in [0.4, 0.5) is 10.5 Å². The van der Waals surface area contributed by atoms with Gasteiger partial charge in [0.25, 0.3) is 5.69 Å². The molecule has 0 radical (unpaired) electrons. The molecule has 23 heavy (non-hydrogen) atoms. The number of alkyl carbamates (subject to hydrolysis) is 1. The Balaban J connectivity index is 2.62. The Morgan fingerprint density at radius 3 is 2.70 bits per heavy atom. The Kier molecular flexibility index (Phi) is 6.27. The molecule has 1 aromatic rings. The Labute approximate surface area is 134 Å². The topological polar surface area (TPSA) is 98.5 Å². The summed E-state index contributed by atoms with van der Waals surface area (Å²) in [7, 11) is 0. The number of nitro groups is 1. The average molecular weight is 318 g/mol. The largest absolute Gasteiger partial charge is 0.444 e. The zero-order valence-corrected chi connectivity index (χ0v) is 13.2. The number of nitrogens with zero attached hydrogens (tertiary/aromatic N) is 1. The molecule has 122 valence electrons. The number of nitrogens with one attached hydrogen (secondary N) is 1. The van der Waals surface area contributed by atoms with Crippen LogP contribution in [0.15, 0.2) is 18.2 Å². The molecular weight excluding hydrogens is 300 g/mol. The van der Waals surface area contributed by atoms with Gasteiger partial charge in [-0.05, 0) is 32.9 Å². The molecule has 1 amide bonds. The molecule has 0 aliphatic rings. The van der Waals surface area contributed by atoms with Gasteiger partial charge in [-0.25, -0.2) is 4.79 Å². The minimum atomic E-state index is -0.587. The Bertz CT molecular complexity index is 665. The van der Waals surface area contributed by atoms with Crippen LogP contribution in [0.25, 0.3) is 0 Å². The summed E-state index contributed by atoms with van der Waals surface area (Å²) in [6.07, 6.45) is 0.307. The van der Waals surface area contributed by atoms with Gasteiger partial charge in [-0.15, -0.1) is 0 Å². The molecule has 0 bridgehead atoms. The molecule has 1 aromatic carbocycles. The van der Waals surface area contributed by atoms with Crippen molar-refractivity contribution in [2.24, 2.45) is 0 Å². The van der Waals surface area contributed by atoms with Crippen molar-refractivity contribution >= 4 is 18.1 Å². The van der Waals surface area contributed by atoms with Crippen molar-refractivity contribution < 1.29 is 19.2 Å². The summed E-state index contributed by atoms with van der Waals surface area (Å²) in [6, 6.07) is 4.06. The van der Waals surface area contributed by atoms with Crippen LogP contribution in [-0.4, -0.2) is 29.4 Å². The SMILES string of the molecule is CC(C)(C)OC(=O)NCCC#Cc1ccc(C=O)cc1[N+](=O)[O-]. The average Bonchev–Trinajstić information content (AvgIpc) is 2.45. The molecule has 0 spiro atoms. The molecule has 0 atom stereocenters. The summed E-state index contributed by atoms with van der Waals surface area (Å²) < 4.78 is 5.06. The van der Waals surface area contributed by atoms with Gasteiger partial charge in [-0.1, -0.05) is 11.8 Å². The number of hydrogen-bond donors (Lipinski definition) is 1. The molecule has 0 saturated heterocycles. The van der Waals surface area contributed by atoms with Crippen LogP contribution >= 0.6 is 0 Å². The molecule has 1 N–H and O–H groups in total. The fraction of sp³-hybridized carbons (Fsp3) is 0.375. The second-order valence-corrected chi connectivity index (χ2v) is 5.63. The molecule has 0 aliphatic heterocycles. The van der Waals surface area contributed by atoms with Crippen LogP contribution in [0.2, 0.25) is 0 Å². The number of hydrogen-bond acceptors (Lipinski definition) is 5. The molecule has 7 heteroatoms. The van der Waals surface area contributed by atoms with Crippen molar-refractivity contribution in [3.63, 3.8) is 0 Å². The van der Waals surface area contributed by atoms with Gasteiger partial charge in [-0.3, -0.25) is 14.9 Å². The third-order valence-corrected chi connectivity index (χ3v) is 2.50. The van der Waals surface area contributed by atoms with Crippen molar-refractivity contribution in [3.8, 4) is 11.8 Å². The van der Waals surface area contributed by atoms with E-state index in [0.717, 1.165) is 0 Å². The van der Waals surface area contributed by atoms with Gasteiger partial charge in [0, 0.05) is 24.6 Å². The fourth-order valence-electron chi connectivity index (χ4n) is 1.58. The highest BCUT2D eigenvalue weighted by atomic mass is 16.6. The maximum absolute atomic E-state index is 11.4. The Morgan fingerprint density at radius 2 is 2.13 bits per heavy atom. The van der Waals surface area contributed by atoms with E-state index in [2.05, 4.69) is 17.2 Å². The lowest BCUT2D eigenvalue weighted by atomic mass is 10.1. The minimum Gasteiger partial charge on any atom is -0.444 e. The van der Waals surface area contributed by atoms with E-state index < -0.39 is 16.6 Å². The first-order chi connectivity index (χ1) is 10.7. The predicted octanol–water partition coefficient (Wildman–Crippen LogP) is 2.67. The zero-order chi connectivity index (χ0) is 17.5. The highest BCUT2D eigenvalue weighted by Gasteiger charge is 2.15. The Morgan fingerprint density at radius 1 is 1.43 bits per heavy atom. The van der Waals surface area contributed by atoms with Gasteiger partial charge in [0.1, 0.15) is 17.5 Å². The van der Waals surface area contributed by atoms with Gasteiger partial charge in [0.15, 0.2) is 0 Å². The first-order valence-corrected chi connectivity index (χ1v) is 6.92. The van der Waals surface area contributed by atoms with Crippen molar-refractivity contribution in [1.29, 1.82) is 0 Å². The number of amides is 1. The van der Waals surface area contributed by atoms with Crippen molar-refractivity contribution in [1.82, 2.24) is 5.32 Å². The van der Waals surface area contributed by atoms with Crippen LogP contribution in [0.5, 0.6) is 0 Å². The van der Waals surface area contributed by atoms with E-state index in [1.807, 2.05) is 0 Å². The number of nitro benzene ring substituents is 1. The first-order valence-electron chi connectivity index (χ1n) is 6.92. The smallest absolute Gasteiger partial charge is 0.407 e. The number of ether oxygens (including phenoxy) is 1. The van der Waals surface area contributed by atoms with Crippen LogP contribution in [-0.2, 0) is 4.74 Å². The van der Waals surface area contributed by atoms with E-state index in [0.29, 0.717) is 12.7 Å². The number of carbonyl (C=O) groups excluding carboxylic acids is 2. The van der Waals surface area contributed by atoms with Gasteiger partial charge in [0.05, 0.1) is 4.92 Å². The van der Waals surface area contributed by atoms with Crippen LogP contribution in [0, 0.1) is 22.0 Å². The lowest BCUT2D eigenvalue weighted by molar-refractivity contribution is -0.385. The maximum Gasteiger partial charge on any atom is 0.407 e. The molecule has 0 unspecified atom stereocenters. The number of benzene rings is 1. The maximum atomic E-state index is 11.4. The molecule has 0 aliphatic carbocycles. The lowest BCUT2D eigenvalue weighted by Crippen LogP contribution is -2.32. The second kappa shape index (κ2) is 7.94. The first kappa shape index (κ1) is 18.2. The molecule has 7 nitrogen and oxygen atoms in total. The summed E-state index contributed by atoms with van der Waals surface area (Å²) in [5.41, 5.74) is -0.356. The van der Waals surface area contributed by atoms with E-state index >= 15 is 0 Å². The zero-order valence-electron chi connectivity index (χ0n) is 13.2. The van der Waals surface area contributed by atoms with E-state index in [1.54, 1.807) is 20.8 Å². The van der Waals surface area contributed by atoms with Crippen LogP contribution in [0.3, 0.4) is 0 Å². The highest BCUT2D eigenvalue weighted by molar-refractivity contribution is 5.77. The lowest BCUT2D eigenvalue weighted by Gasteiger charge is -2.19. The quantitative estimate of drug-likeness (QED) is 0.302. The number of rotatable bonds is 4. The van der Waals surface area contributed by atoms with Crippen molar-refractivity contribution in [3.05, 3.63) is 39.4 Å². The Hall–Kier alpha value is -2.88. The monoisotopic (exact) mass is 318 g/mol. The molecule has 0 fully saturated rings. The van der Waals surface area contributed by atoms with E-state index in [-0.39, 0.29) is 23.4 Å². The van der Waals surface area contributed by atoms with Gasteiger partial charge in [-0.2, -0.15) is 0 Å². The van der Waals surface area contributed by atoms with Crippen LogP contribution in [0.1, 0.15) is 43.1 Å². The normalized spacial score (nSPS) is 10.2. The van der Waals surface area contributed by atoms with E-state index in [1.165, 1.54) is 18.2 Å². The van der Waals surface area contributed by atoms with Gasteiger partial charge < -0.3 is 10.1 Å². The van der Waals surface area contributed by atoms with Gasteiger partial charge >= 0.3 is 6.09 Å². The number of carbonyl (C=O) groups is 2. The molecule has 1 rings (SSSR count). The van der Waals surface area contributed by atoms with Crippen LogP contribution < -0.4 is 5.32 Å². The third-order valence-electron chi connectivity index (χ3n) is 2.50. The van der Waals surface area contributed by atoms with Gasteiger partial charge in [0.2, 0.25) is 0 Å². The molecule has 0 aromatic heterocycles. The predicted molar refractivity (Wildman–Crippen MR) is 84.2 cm³/mol. The van der Waals surface area contributed by atoms with Crippen molar-refractivity contribution in [2.45, 2.75) is 32.8 Å². The minimum absolute atomic E-state index is 0.217. The second-order valence-electron chi connectivity index (χ2n) is 5.63. The summed E-state index contributed by atoms with van der Waals surface area (Å²) in [4.78, 5) is 32.4. The highest BCUT2D eigenvalue weighted by Crippen LogP contribution is 2.18. The molecule has 0 saturated carbocycles. The fourth-order valence-corrected chi connectivity index (χ4v) is 1.58.